The van der Waals surface area contributed by atoms with Gasteiger partial charge in [-0.15, -0.1) is 0 Å². The van der Waals surface area contributed by atoms with Crippen molar-refractivity contribution in [1.29, 1.82) is 0 Å². The van der Waals surface area contributed by atoms with Crippen LogP contribution in [0.3, 0.4) is 0 Å². The lowest BCUT2D eigenvalue weighted by Gasteiger charge is -2.29. The molecule has 0 radical (unpaired) electrons. The van der Waals surface area contributed by atoms with Crippen LogP contribution in [0.4, 0.5) is 5.69 Å². The summed E-state index contributed by atoms with van der Waals surface area (Å²) < 4.78 is 4.25. The third-order valence-corrected chi connectivity index (χ3v) is 6.82. The van der Waals surface area contributed by atoms with E-state index in [9.17, 15) is 4.79 Å². The molecule has 2 rings (SSSR count). The predicted molar refractivity (Wildman–Crippen MR) is 191 cm³/mol. The molecular formula is C34H55ClN4O3S. The van der Waals surface area contributed by atoms with Gasteiger partial charge < -0.3 is 29.0 Å². The van der Waals surface area contributed by atoms with Gasteiger partial charge in [0.25, 0.3) is 0 Å². The third kappa shape index (κ3) is 18.6. The van der Waals surface area contributed by atoms with Crippen molar-refractivity contribution in [2.24, 2.45) is 10.9 Å². The van der Waals surface area contributed by atoms with Crippen LogP contribution < -0.4 is 4.90 Å². The number of hydrogen-bond donors (Lipinski definition) is 0. The van der Waals surface area contributed by atoms with Crippen molar-refractivity contribution in [3.63, 3.8) is 0 Å². The van der Waals surface area contributed by atoms with E-state index in [0.717, 1.165) is 66.1 Å². The zero-order chi connectivity index (χ0) is 33.4. The van der Waals surface area contributed by atoms with E-state index in [4.69, 9.17) is 28.6 Å². The van der Waals surface area contributed by atoms with Crippen LogP contribution >= 0.6 is 23.8 Å². The highest BCUT2D eigenvalue weighted by Gasteiger charge is 2.16. The highest BCUT2D eigenvalue weighted by molar-refractivity contribution is 7.80. The van der Waals surface area contributed by atoms with Gasteiger partial charge >= 0.3 is 0 Å². The number of ether oxygens (including phenoxy) is 1. The minimum atomic E-state index is -0.413. The number of likely N-dealkylation sites (N-methyl/N-ethyl adjacent to an activating group) is 1. The first kappa shape index (κ1) is 42.5. The summed E-state index contributed by atoms with van der Waals surface area (Å²) >= 11 is 11.7. The Labute approximate surface area is 272 Å². The summed E-state index contributed by atoms with van der Waals surface area (Å²) in [6, 6.07) is 15.1. The van der Waals surface area contributed by atoms with E-state index in [2.05, 4.69) is 54.4 Å². The average molecular weight is 635 g/mol. The number of aliphatic imine (C=N–C) groups is 1. The lowest BCUT2D eigenvalue weighted by molar-refractivity contribution is -0.108. The molecule has 0 saturated heterocycles. The first-order valence-electron chi connectivity index (χ1n) is 14.7. The van der Waals surface area contributed by atoms with Crippen molar-refractivity contribution in [2.75, 3.05) is 66.9 Å². The van der Waals surface area contributed by atoms with Crippen molar-refractivity contribution in [3.8, 4) is 0 Å². The Morgan fingerprint density at radius 2 is 1.53 bits per heavy atom. The van der Waals surface area contributed by atoms with E-state index in [-0.39, 0.29) is 0 Å². The first-order valence-corrected chi connectivity index (χ1v) is 15.5. The summed E-state index contributed by atoms with van der Waals surface area (Å²) in [5.41, 5.74) is 3.65. The summed E-state index contributed by atoms with van der Waals surface area (Å²) in [4.78, 5) is 32.2. The molecule has 43 heavy (non-hydrogen) atoms. The number of rotatable bonds is 12. The van der Waals surface area contributed by atoms with Gasteiger partial charge in [-0.1, -0.05) is 74.9 Å². The third-order valence-electron chi connectivity index (χ3n) is 5.93. The normalized spacial score (nSPS) is 11.8. The van der Waals surface area contributed by atoms with Crippen LogP contribution in [0.5, 0.6) is 0 Å². The van der Waals surface area contributed by atoms with Gasteiger partial charge in [-0.2, -0.15) is 0 Å². The number of carbonyl (C=O) groups is 2. The SMILES string of the molecule is CC(C=O)N=C(c1ccccc1)c1cc(Cl)ccc1N(C)C.CC=O.CCCN(CCN(C)C)C(=S)C(C)CC.COC. The highest BCUT2D eigenvalue weighted by atomic mass is 35.5. The van der Waals surface area contributed by atoms with Crippen molar-refractivity contribution in [1.82, 2.24) is 9.80 Å². The van der Waals surface area contributed by atoms with E-state index in [1.165, 1.54) is 13.3 Å². The van der Waals surface area contributed by atoms with Crippen molar-refractivity contribution in [3.05, 3.63) is 64.7 Å². The van der Waals surface area contributed by atoms with Gasteiger partial charge in [0.2, 0.25) is 0 Å². The maximum absolute atomic E-state index is 11.0. The number of thiocarbonyl (C=S) groups is 1. The highest BCUT2D eigenvalue weighted by Crippen LogP contribution is 2.26. The Balaban J connectivity index is 0. The maximum atomic E-state index is 11.0. The Hall–Kier alpha value is -2.65. The lowest BCUT2D eigenvalue weighted by Crippen LogP contribution is -2.38. The molecule has 2 aromatic rings. The second-order valence-electron chi connectivity index (χ2n) is 10.4. The summed E-state index contributed by atoms with van der Waals surface area (Å²) in [5, 5.41) is 0.642. The van der Waals surface area contributed by atoms with E-state index < -0.39 is 6.04 Å². The molecule has 0 heterocycles. The summed E-state index contributed by atoms with van der Waals surface area (Å²) in [6.45, 7) is 13.1. The van der Waals surface area contributed by atoms with Crippen molar-refractivity contribution >= 4 is 52.8 Å². The molecule has 0 aliphatic heterocycles. The number of hydrogen-bond acceptors (Lipinski definition) is 7. The van der Waals surface area contributed by atoms with Crippen molar-refractivity contribution < 1.29 is 14.3 Å². The topological polar surface area (TPSA) is 65.5 Å². The Kier molecular flexibility index (Phi) is 25.5. The number of benzene rings is 2. The van der Waals surface area contributed by atoms with E-state index in [1.807, 2.05) is 67.5 Å². The quantitative estimate of drug-likeness (QED) is 0.142. The molecule has 0 saturated carbocycles. The number of methoxy groups -OCH3 is 1. The molecule has 0 aromatic heterocycles. The minimum Gasteiger partial charge on any atom is -0.388 e. The molecule has 0 bridgehead atoms. The van der Waals surface area contributed by atoms with Gasteiger partial charge in [-0.25, -0.2) is 0 Å². The zero-order valence-electron chi connectivity index (χ0n) is 28.3. The van der Waals surface area contributed by atoms with E-state index >= 15 is 0 Å². The van der Waals surface area contributed by atoms with Crippen LogP contribution in [0.2, 0.25) is 5.02 Å². The van der Waals surface area contributed by atoms with Crippen LogP contribution in [0.15, 0.2) is 53.5 Å². The Morgan fingerprint density at radius 1 is 0.977 bits per heavy atom. The fraction of sp³-hybridized carbons (Fsp3) is 0.529. The summed E-state index contributed by atoms with van der Waals surface area (Å²) in [5.74, 6) is 0.536. The first-order chi connectivity index (χ1) is 20.4. The minimum absolute atomic E-state index is 0.413. The van der Waals surface area contributed by atoms with Crippen LogP contribution in [-0.4, -0.2) is 101 Å². The number of halogens is 1. The summed E-state index contributed by atoms with van der Waals surface area (Å²) in [6.07, 6.45) is 3.90. The molecule has 0 N–H and O–H groups in total. The molecule has 7 nitrogen and oxygen atoms in total. The smallest absolute Gasteiger partial charge is 0.144 e. The van der Waals surface area contributed by atoms with Crippen LogP contribution in [0.25, 0.3) is 0 Å². The molecule has 2 unspecified atom stereocenters. The number of nitrogens with zero attached hydrogens (tertiary/aromatic N) is 4. The number of carbonyl (C=O) groups excluding carboxylic acids is 2. The fourth-order valence-electron chi connectivity index (χ4n) is 3.63. The van der Waals surface area contributed by atoms with Crippen LogP contribution in [0, 0.1) is 5.92 Å². The molecule has 0 aliphatic rings. The van der Waals surface area contributed by atoms with Crippen LogP contribution in [-0.2, 0) is 14.3 Å². The van der Waals surface area contributed by atoms with Gasteiger partial charge in [0.1, 0.15) is 18.6 Å². The fourth-order valence-corrected chi connectivity index (χ4v) is 4.15. The Bertz CT molecular complexity index is 1060. The molecule has 2 atom stereocenters. The van der Waals surface area contributed by atoms with Crippen LogP contribution in [0.1, 0.15) is 58.6 Å². The molecule has 242 valence electrons. The van der Waals surface area contributed by atoms with E-state index in [1.54, 1.807) is 21.1 Å². The van der Waals surface area contributed by atoms with Gasteiger partial charge in [-0.05, 0) is 59.0 Å². The molecule has 0 spiro atoms. The average Bonchev–Trinajstić information content (AvgIpc) is 2.98. The summed E-state index contributed by atoms with van der Waals surface area (Å²) in [7, 11) is 11.4. The monoisotopic (exact) mass is 634 g/mol. The second-order valence-corrected chi connectivity index (χ2v) is 11.2. The second kappa shape index (κ2) is 25.8. The van der Waals surface area contributed by atoms with Gasteiger partial charge in [0.15, 0.2) is 0 Å². The molecule has 2 aromatic carbocycles. The molecule has 9 heteroatoms. The number of anilines is 1. The number of aldehydes is 2. The van der Waals surface area contributed by atoms with Gasteiger partial charge in [0, 0.05) is 75.7 Å². The van der Waals surface area contributed by atoms with Crippen molar-refractivity contribution in [2.45, 2.75) is 53.5 Å². The standard InChI is InChI=1S/C18H19ClN2O.C12H26N2S.C2H6O.C2H4O/c1-13(12-22)20-18(14-7-5-4-6-8-14)16-11-15(19)9-10-17(16)21(2)3;1-6-8-14(10-9-13(4)5)12(15)11(3)7-2;1-3-2;1-2-3/h4-13H,1-3H3;11H,6-10H2,1-5H3;1-2H3;2H,1H3. The lowest BCUT2D eigenvalue weighted by atomic mass is 9.99. The molecule has 0 aliphatic carbocycles. The van der Waals surface area contributed by atoms with Gasteiger partial charge in [0.05, 0.1) is 10.7 Å². The zero-order valence-corrected chi connectivity index (χ0v) is 29.8. The Morgan fingerprint density at radius 3 is 1.98 bits per heavy atom. The molecule has 0 fully saturated rings. The molecular weight excluding hydrogens is 580 g/mol. The largest absolute Gasteiger partial charge is 0.388 e. The maximum Gasteiger partial charge on any atom is 0.144 e. The predicted octanol–water partition coefficient (Wildman–Crippen LogP) is 6.93. The van der Waals surface area contributed by atoms with Gasteiger partial charge in [-0.3, -0.25) is 4.99 Å². The van der Waals surface area contributed by atoms with E-state index in [0.29, 0.717) is 10.9 Å². The molecule has 0 amide bonds.